The van der Waals surface area contributed by atoms with E-state index in [4.69, 9.17) is 0 Å². The van der Waals surface area contributed by atoms with Crippen molar-refractivity contribution in [2.75, 3.05) is 53.3 Å². The number of nitrogens with zero attached hydrogens (tertiary/aromatic N) is 6. The highest BCUT2D eigenvalue weighted by molar-refractivity contribution is 7.94. The van der Waals surface area contributed by atoms with E-state index in [2.05, 4.69) is 11.1 Å². The van der Waals surface area contributed by atoms with Gasteiger partial charge in [0.1, 0.15) is 11.9 Å². The van der Waals surface area contributed by atoms with Crippen molar-refractivity contribution in [2.24, 2.45) is 5.92 Å². The van der Waals surface area contributed by atoms with Crippen LogP contribution in [0.5, 0.6) is 0 Å². The summed E-state index contributed by atoms with van der Waals surface area (Å²) in [6.45, 7) is 1.04. The molecule has 1 saturated heterocycles. The molecule has 1 aromatic heterocycles. The minimum absolute atomic E-state index is 0.281. The lowest BCUT2D eigenvalue weighted by Crippen LogP contribution is -2.48. The van der Waals surface area contributed by atoms with Gasteiger partial charge in [-0.1, -0.05) is 6.07 Å². The van der Waals surface area contributed by atoms with Crippen molar-refractivity contribution in [2.45, 2.75) is 12.3 Å². The van der Waals surface area contributed by atoms with E-state index in [1.807, 2.05) is 4.90 Å². The maximum atomic E-state index is 13.5. The number of rotatable bonds is 4. The number of hydrogen-bond donors (Lipinski definition) is 1. The molecule has 1 N–H and O–H groups in total. The zero-order chi connectivity index (χ0) is 25.1. The summed E-state index contributed by atoms with van der Waals surface area (Å²) >= 11 is 0. The number of carboxylic acid groups (broad SMARTS) is 1. The Morgan fingerprint density at radius 2 is 1.89 bits per heavy atom. The lowest BCUT2D eigenvalue weighted by molar-refractivity contribution is 0.101. The van der Waals surface area contributed by atoms with Crippen LogP contribution in [0.4, 0.5) is 30.8 Å². The zero-order valence-corrected chi connectivity index (χ0v) is 19.5. The smallest absolute Gasteiger partial charge is 0.407 e. The van der Waals surface area contributed by atoms with Gasteiger partial charge in [0.25, 0.3) is 5.92 Å². The highest BCUT2D eigenvalue weighted by Crippen LogP contribution is 2.51. The zero-order valence-electron chi connectivity index (χ0n) is 18.7. The van der Waals surface area contributed by atoms with E-state index in [-0.39, 0.29) is 26.1 Å². The minimum Gasteiger partial charge on any atom is -0.465 e. The first kappa shape index (κ1) is 23.1. The molecule has 0 radical (unpaired) electrons. The van der Waals surface area contributed by atoms with Crippen LogP contribution in [0.25, 0.3) is 11.3 Å². The molecule has 1 atom stereocenters. The number of nitriles is 1. The molecule has 1 aromatic carbocycles. The molecule has 2 aliphatic heterocycles. The Morgan fingerprint density at radius 1 is 1.20 bits per heavy atom. The van der Waals surface area contributed by atoms with Gasteiger partial charge in [0.2, 0.25) is 0 Å². The lowest BCUT2D eigenvalue weighted by Gasteiger charge is -2.34. The first-order chi connectivity index (χ1) is 16.5. The Labute approximate surface area is 200 Å². The number of anilines is 3. The van der Waals surface area contributed by atoms with Gasteiger partial charge in [0.15, 0.2) is 0 Å². The second-order valence-electron chi connectivity index (χ2n) is 8.81. The Balaban J connectivity index is 1.46. The quantitative estimate of drug-likeness (QED) is 0.679. The van der Waals surface area contributed by atoms with Gasteiger partial charge in [0.05, 0.1) is 22.6 Å². The fraction of sp³-hybridized carbons (Fsp3) is 0.409. The van der Waals surface area contributed by atoms with Crippen LogP contribution >= 0.6 is 0 Å². The van der Waals surface area contributed by atoms with Crippen LogP contribution in [0.2, 0.25) is 0 Å². The maximum absolute atomic E-state index is 13.5. The molecule has 5 rings (SSSR count). The number of pyridine rings is 1. The van der Waals surface area contributed by atoms with Crippen LogP contribution in [0.1, 0.15) is 12.0 Å². The number of aromatic nitrogens is 1. The summed E-state index contributed by atoms with van der Waals surface area (Å²) in [5.74, 6) is -3.41. The van der Waals surface area contributed by atoms with Crippen LogP contribution < -0.4 is 13.5 Å². The monoisotopic (exact) mass is 504 g/mol. The predicted molar refractivity (Wildman–Crippen MR) is 124 cm³/mol. The molecule has 3 heterocycles. The predicted octanol–water partition coefficient (Wildman–Crippen LogP) is 2.58. The van der Waals surface area contributed by atoms with Gasteiger partial charge in [-0.2, -0.15) is 13.7 Å². The highest BCUT2D eigenvalue weighted by Gasteiger charge is 2.59. The van der Waals surface area contributed by atoms with Crippen LogP contribution in [-0.2, 0) is 10.2 Å². The average Bonchev–Trinajstić information content (AvgIpc) is 3.41. The summed E-state index contributed by atoms with van der Waals surface area (Å²) in [5, 5.41) is 18.7. The van der Waals surface area contributed by atoms with Crippen molar-refractivity contribution in [1.29, 1.82) is 5.26 Å². The number of alkyl halides is 2. The Bertz CT molecular complexity index is 1350. The highest BCUT2D eigenvalue weighted by atomic mass is 32.2. The van der Waals surface area contributed by atoms with Crippen molar-refractivity contribution >= 4 is 33.5 Å². The van der Waals surface area contributed by atoms with Crippen molar-refractivity contribution in [1.82, 2.24) is 9.88 Å². The third-order valence-corrected chi connectivity index (χ3v) is 8.48. The molecule has 13 heteroatoms. The van der Waals surface area contributed by atoms with Gasteiger partial charge in [-0.3, -0.25) is 8.61 Å². The first-order valence-electron chi connectivity index (χ1n) is 11.0. The Morgan fingerprint density at radius 3 is 2.49 bits per heavy atom. The molecule has 1 aliphatic carbocycles. The Hall–Kier alpha value is -3.66. The minimum atomic E-state index is -3.97. The summed E-state index contributed by atoms with van der Waals surface area (Å²) in [5.41, 5.74) is 2.13. The topological polar surface area (TPSA) is 121 Å². The molecule has 0 spiro atoms. The second-order valence-corrected chi connectivity index (χ2v) is 10.7. The molecule has 1 unspecified atom stereocenters. The van der Waals surface area contributed by atoms with Gasteiger partial charge in [-0.15, -0.1) is 0 Å². The molecule has 184 valence electrons. The molecular weight excluding hydrogens is 482 g/mol. The van der Waals surface area contributed by atoms with Crippen molar-refractivity contribution in [3.05, 3.63) is 35.9 Å². The number of benzene rings is 1. The molecule has 0 bridgehead atoms. The van der Waals surface area contributed by atoms with E-state index in [0.717, 1.165) is 8.61 Å². The Kier molecular flexibility index (Phi) is 5.24. The van der Waals surface area contributed by atoms with E-state index in [9.17, 15) is 32.4 Å². The molecule has 10 nitrogen and oxygen atoms in total. The number of hydrogen-bond acceptors (Lipinski definition) is 6. The first-order valence-corrected chi connectivity index (χ1v) is 12.4. The van der Waals surface area contributed by atoms with E-state index in [0.29, 0.717) is 47.1 Å². The van der Waals surface area contributed by atoms with Gasteiger partial charge in [-0.25, -0.2) is 18.6 Å². The SMILES string of the molecule is CN1c2cc(-c3ccc(C#N)c(N4CCN(C(=O)O)CC4)n3)ccc2N(CC2CC2(F)F)S1(=O)=O. The third-order valence-electron chi connectivity index (χ3n) is 6.69. The molecule has 1 amide bonds. The average molecular weight is 505 g/mol. The fourth-order valence-electron chi connectivity index (χ4n) is 4.45. The normalized spacial score (nSPS) is 22.1. The van der Waals surface area contributed by atoms with Gasteiger partial charge in [0, 0.05) is 57.7 Å². The lowest BCUT2D eigenvalue weighted by atomic mass is 10.1. The van der Waals surface area contributed by atoms with E-state index in [1.54, 1.807) is 30.3 Å². The van der Waals surface area contributed by atoms with Gasteiger partial charge in [-0.05, 0) is 24.3 Å². The van der Waals surface area contributed by atoms with Crippen LogP contribution in [0, 0.1) is 17.2 Å². The van der Waals surface area contributed by atoms with Crippen molar-refractivity contribution < 1.29 is 27.1 Å². The third kappa shape index (κ3) is 3.87. The molecular formula is C22H22F2N6O4S. The summed E-state index contributed by atoms with van der Waals surface area (Å²) in [6, 6.07) is 10.3. The standard InChI is InChI=1S/C22H22F2N6O4S/c1-27-19-10-14(3-5-18(19)30(35(27,33)34)13-16-11-22(16,23)24)17-4-2-15(12-25)20(26-17)28-6-8-29(9-7-28)21(31)32/h2-5,10,16H,6-9,11,13H2,1H3,(H,31,32). The molecule has 2 aromatic rings. The fourth-order valence-corrected chi connectivity index (χ4v) is 5.91. The summed E-state index contributed by atoms with van der Waals surface area (Å²) < 4.78 is 54.8. The molecule has 3 aliphatic rings. The van der Waals surface area contributed by atoms with Gasteiger partial charge < -0.3 is 14.9 Å². The van der Waals surface area contributed by atoms with Gasteiger partial charge >= 0.3 is 16.3 Å². The number of halogens is 2. The number of fused-ring (bicyclic) bond motifs is 1. The van der Waals surface area contributed by atoms with Crippen molar-refractivity contribution in [3.8, 4) is 17.3 Å². The van der Waals surface area contributed by atoms with Crippen LogP contribution in [0.15, 0.2) is 30.3 Å². The van der Waals surface area contributed by atoms with E-state index >= 15 is 0 Å². The van der Waals surface area contributed by atoms with Crippen molar-refractivity contribution in [3.63, 3.8) is 0 Å². The number of carbonyl (C=O) groups is 1. The largest absolute Gasteiger partial charge is 0.465 e. The number of piperazine rings is 1. The number of amides is 1. The second kappa shape index (κ2) is 7.94. The summed E-state index contributed by atoms with van der Waals surface area (Å²) in [6.07, 6.45) is -1.32. The molecule has 2 fully saturated rings. The van der Waals surface area contributed by atoms with E-state index < -0.39 is 28.1 Å². The molecule has 1 saturated carbocycles. The van der Waals surface area contributed by atoms with E-state index in [1.165, 1.54) is 11.9 Å². The summed E-state index contributed by atoms with van der Waals surface area (Å²) in [4.78, 5) is 19.0. The van der Waals surface area contributed by atoms with Crippen LogP contribution in [0.3, 0.4) is 0 Å². The summed E-state index contributed by atoms with van der Waals surface area (Å²) in [7, 11) is -2.59. The molecule has 35 heavy (non-hydrogen) atoms. The maximum Gasteiger partial charge on any atom is 0.407 e. The van der Waals surface area contributed by atoms with Crippen LogP contribution in [-0.4, -0.2) is 75.2 Å².